The van der Waals surface area contributed by atoms with Crippen LogP contribution in [-0.4, -0.2) is 31.8 Å². The number of hydrogen-bond donors (Lipinski definition) is 0. The smallest absolute Gasteiger partial charge is 0.0700 e. The standard InChI is InChI=1S/C12H25BrO2/c1-10(2)8-14-5-6-15-9-12(7-13)11(3)4/h10-12H,5-9H2,1-4H3. The summed E-state index contributed by atoms with van der Waals surface area (Å²) >= 11 is 3.51. The largest absolute Gasteiger partial charge is 0.379 e. The van der Waals surface area contributed by atoms with Gasteiger partial charge in [0.1, 0.15) is 0 Å². The first-order chi connectivity index (χ1) is 7.07. The first-order valence-electron chi connectivity index (χ1n) is 5.79. The Morgan fingerprint density at radius 2 is 1.47 bits per heavy atom. The van der Waals surface area contributed by atoms with Crippen molar-refractivity contribution in [3.05, 3.63) is 0 Å². The lowest BCUT2D eigenvalue weighted by atomic mass is 9.99. The molecule has 0 aliphatic heterocycles. The Morgan fingerprint density at radius 1 is 0.933 bits per heavy atom. The lowest BCUT2D eigenvalue weighted by Gasteiger charge is -2.18. The van der Waals surface area contributed by atoms with Crippen molar-refractivity contribution in [2.45, 2.75) is 27.7 Å². The van der Waals surface area contributed by atoms with Gasteiger partial charge >= 0.3 is 0 Å². The third-order valence-corrected chi connectivity index (χ3v) is 3.13. The molecular weight excluding hydrogens is 256 g/mol. The molecular formula is C12H25BrO2. The van der Waals surface area contributed by atoms with Gasteiger partial charge in [0.15, 0.2) is 0 Å². The molecule has 1 unspecified atom stereocenters. The molecule has 0 saturated carbocycles. The van der Waals surface area contributed by atoms with Gasteiger partial charge in [-0.25, -0.2) is 0 Å². The molecule has 0 bridgehead atoms. The highest BCUT2D eigenvalue weighted by Crippen LogP contribution is 2.13. The minimum Gasteiger partial charge on any atom is -0.379 e. The maximum absolute atomic E-state index is 5.57. The van der Waals surface area contributed by atoms with Crippen LogP contribution in [0.5, 0.6) is 0 Å². The van der Waals surface area contributed by atoms with Crippen LogP contribution < -0.4 is 0 Å². The molecule has 3 heteroatoms. The molecule has 2 nitrogen and oxygen atoms in total. The topological polar surface area (TPSA) is 18.5 Å². The van der Waals surface area contributed by atoms with Crippen LogP contribution in [-0.2, 0) is 9.47 Å². The zero-order chi connectivity index (χ0) is 11.7. The van der Waals surface area contributed by atoms with Gasteiger partial charge in [-0.05, 0) is 17.8 Å². The van der Waals surface area contributed by atoms with Gasteiger partial charge in [-0.3, -0.25) is 0 Å². The van der Waals surface area contributed by atoms with Gasteiger partial charge in [0, 0.05) is 11.9 Å². The van der Waals surface area contributed by atoms with Gasteiger partial charge in [0.2, 0.25) is 0 Å². The van der Waals surface area contributed by atoms with Crippen LogP contribution >= 0.6 is 15.9 Å². The second kappa shape index (κ2) is 9.61. The fourth-order valence-electron chi connectivity index (χ4n) is 1.09. The molecule has 0 N–H and O–H groups in total. The normalized spacial score (nSPS) is 13.8. The van der Waals surface area contributed by atoms with Crippen LogP contribution in [0.25, 0.3) is 0 Å². The molecule has 0 radical (unpaired) electrons. The lowest BCUT2D eigenvalue weighted by Crippen LogP contribution is -2.19. The first-order valence-corrected chi connectivity index (χ1v) is 6.91. The predicted molar refractivity (Wildman–Crippen MR) is 68.6 cm³/mol. The van der Waals surface area contributed by atoms with Gasteiger partial charge in [-0.2, -0.15) is 0 Å². The monoisotopic (exact) mass is 280 g/mol. The summed E-state index contributed by atoms with van der Waals surface area (Å²) < 4.78 is 11.0. The molecule has 15 heavy (non-hydrogen) atoms. The predicted octanol–water partition coefficient (Wildman–Crippen LogP) is 3.34. The molecule has 0 aromatic carbocycles. The van der Waals surface area contributed by atoms with E-state index in [1.165, 1.54) is 0 Å². The van der Waals surface area contributed by atoms with Crippen LogP contribution in [0.1, 0.15) is 27.7 Å². The second-order valence-electron chi connectivity index (χ2n) is 4.70. The van der Waals surface area contributed by atoms with E-state index in [1.807, 2.05) is 0 Å². The summed E-state index contributed by atoms with van der Waals surface area (Å²) in [7, 11) is 0. The third kappa shape index (κ3) is 9.34. The highest BCUT2D eigenvalue weighted by molar-refractivity contribution is 9.09. The van der Waals surface area contributed by atoms with Crippen molar-refractivity contribution in [2.75, 3.05) is 31.8 Å². The molecule has 0 aromatic heterocycles. The molecule has 0 aliphatic rings. The van der Waals surface area contributed by atoms with Crippen molar-refractivity contribution < 1.29 is 9.47 Å². The number of rotatable bonds is 9. The number of halogens is 1. The van der Waals surface area contributed by atoms with Crippen molar-refractivity contribution >= 4 is 15.9 Å². The average Bonchev–Trinajstić information content (AvgIpc) is 2.15. The van der Waals surface area contributed by atoms with Crippen LogP contribution in [0.4, 0.5) is 0 Å². The Hall–Kier alpha value is 0.400. The fourth-order valence-corrected chi connectivity index (χ4v) is 2.02. The van der Waals surface area contributed by atoms with Crippen LogP contribution in [0, 0.1) is 17.8 Å². The molecule has 0 aromatic rings. The van der Waals surface area contributed by atoms with E-state index in [0.717, 1.165) is 18.5 Å². The van der Waals surface area contributed by atoms with Crippen LogP contribution in [0.15, 0.2) is 0 Å². The minimum atomic E-state index is 0.607. The highest BCUT2D eigenvalue weighted by atomic mass is 79.9. The summed E-state index contributed by atoms with van der Waals surface area (Å²) in [6.45, 7) is 11.8. The van der Waals surface area contributed by atoms with E-state index in [9.17, 15) is 0 Å². The Kier molecular flexibility index (Phi) is 9.87. The van der Waals surface area contributed by atoms with E-state index in [1.54, 1.807) is 0 Å². The van der Waals surface area contributed by atoms with Crippen molar-refractivity contribution in [1.82, 2.24) is 0 Å². The summed E-state index contributed by atoms with van der Waals surface area (Å²) in [4.78, 5) is 0. The molecule has 0 saturated heterocycles. The molecule has 92 valence electrons. The first kappa shape index (κ1) is 15.4. The third-order valence-electron chi connectivity index (χ3n) is 2.30. The molecule has 0 spiro atoms. The number of alkyl halides is 1. The molecule has 0 amide bonds. The Balaban J connectivity index is 3.29. The molecule has 0 rings (SSSR count). The van der Waals surface area contributed by atoms with Crippen LogP contribution in [0.3, 0.4) is 0 Å². The maximum Gasteiger partial charge on any atom is 0.0700 e. The second-order valence-corrected chi connectivity index (χ2v) is 5.35. The zero-order valence-corrected chi connectivity index (χ0v) is 12.0. The van der Waals surface area contributed by atoms with Crippen molar-refractivity contribution in [3.8, 4) is 0 Å². The van der Waals surface area contributed by atoms with Crippen molar-refractivity contribution in [3.63, 3.8) is 0 Å². The molecule has 0 fully saturated rings. The van der Waals surface area contributed by atoms with Crippen LogP contribution in [0.2, 0.25) is 0 Å². The fraction of sp³-hybridized carbons (Fsp3) is 1.00. The maximum atomic E-state index is 5.57. The van der Waals surface area contributed by atoms with Gasteiger partial charge in [0.05, 0.1) is 19.8 Å². The summed E-state index contributed by atoms with van der Waals surface area (Å²) in [6, 6.07) is 0. The van der Waals surface area contributed by atoms with Gasteiger partial charge in [0.25, 0.3) is 0 Å². The SMILES string of the molecule is CC(C)COCCOCC(CBr)C(C)C. The minimum absolute atomic E-state index is 0.607. The summed E-state index contributed by atoms with van der Waals surface area (Å²) in [5, 5.41) is 1.01. The number of hydrogen-bond acceptors (Lipinski definition) is 2. The molecule has 1 atom stereocenters. The highest BCUT2D eigenvalue weighted by Gasteiger charge is 2.11. The summed E-state index contributed by atoms with van der Waals surface area (Å²) in [5.41, 5.74) is 0. The molecule has 0 aliphatic carbocycles. The Bertz CT molecular complexity index is 138. The zero-order valence-electron chi connectivity index (χ0n) is 10.5. The summed E-state index contributed by atoms with van der Waals surface area (Å²) in [6.07, 6.45) is 0. The quantitative estimate of drug-likeness (QED) is 0.476. The van der Waals surface area contributed by atoms with E-state index in [2.05, 4.69) is 43.6 Å². The van der Waals surface area contributed by atoms with E-state index in [-0.39, 0.29) is 0 Å². The lowest BCUT2D eigenvalue weighted by molar-refractivity contribution is 0.0229. The Labute approximate surface area is 103 Å². The average molecular weight is 281 g/mol. The summed E-state index contributed by atoms with van der Waals surface area (Å²) in [5.74, 6) is 1.88. The van der Waals surface area contributed by atoms with Gasteiger partial charge < -0.3 is 9.47 Å². The molecule has 0 heterocycles. The van der Waals surface area contributed by atoms with E-state index < -0.39 is 0 Å². The van der Waals surface area contributed by atoms with E-state index in [4.69, 9.17) is 9.47 Å². The van der Waals surface area contributed by atoms with Gasteiger partial charge in [-0.15, -0.1) is 0 Å². The van der Waals surface area contributed by atoms with Crippen molar-refractivity contribution in [1.29, 1.82) is 0 Å². The van der Waals surface area contributed by atoms with Crippen molar-refractivity contribution in [2.24, 2.45) is 17.8 Å². The Morgan fingerprint density at radius 3 is 1.87 bits per heavy atom. The van der Waals surface area contributed by atoms with Gasteiger partial charge in [-0.1, -0.05) is 43.6 Å². The number of ether oxygens (including phenoxy) is 2. The van der Waals surface area contributed by atoms with E-state index >= 15 is 0 Å². The van der Waals surface area contributed by atoms with E-state index in [0.29, 0.717) is 31.0 Å².